The van der Waals surface area contributed by atoms with Gasteiger partial charge in [0.25, 0.3) is 0 Å². The Hall–Kier alpha value is -1.54. The number of ether oxygens (including phenoxy) is 1. The van der Waals surface area contributed by atoms with E-state index in [1.165, 1.54) is 6.92 Å². The van der Waals surface area contributed by atoms with Crippen LogP contribution in [0.1, 0.15) is 24.1 Å². The topological polar surface area (TPSA) is 72.5 Å². The van der Waals surface area contributed by atoms with Crippen molar-refractivity contribution in [2.45, 2.75) is 25.3 Å². The number of carbonyl (C=O) groups is 1. The summed E-state index contributed by atoms with van der Waals surface area (Å²) in [4.78, 5) is 11.2. The number of hydrogen-bond acceptors (Lipinski definition) is 4. The minimum absolute atomic E-state index is 0. The van der Waals surface area contributed by atoms with Crippen molar-refractivity contribution in [3.8, 4) is 5.75 Å². The molecule has 0 aliphatic heterocycles. The maximum absolute atomic E-state index is 13.7. The molecule has 0 spiro atoms. The van der Waals surface area contributed by atoms with Crippen LogP contribution in [-0.2, 0) is 15.7 Å². The summed E-state index contributed by atoms with van der Waals surface area (Å²) in [6.45, 7) is 1.35. The van der Waals surface area contributed by atoms with Crippen molar-refractivity contribution in [1.82, 2.24) is 0 Å². The normalized spacial score (nSPS) is 14.0. The maximum Gasteiger partial charge on any atom is 0.416 e. The highest BCUT2D eigenvalue weighted by atomic mass is 35.5. The fourth-order valence-electron chi connectivity index (χ4n) is 1.52. The van der Waals surface area contributed by atoms with Gasteiger partial charge in [0.1, 0.15) is 5.75 Å². The van der Waals surface area contributed by atoms with Crippen molar-refractivity contribution < 1.29 is 32.2 Å². The molecule has 2 atom stereocenters. The number of rotatable bonds is 4. The van der Waals surface area contributed by atoms with E-state index in [1.807, 2.05) is 0 Å². The molecule has 9 heteroatoms. The van der Waals surface area contributed by atoms with Gasteiger partial charge in [-0.1, -0.05) is 0 Å². The minimum atomic E-state index is -4.67. The SMILES string of the molecule is CCOC(=O)C(F)[C@H](N)c1cc(C(F)(F)F)ccc1O.Cl. The summed E-state index contributed by atoms with van der Waals surface area (Å²) >= 11 is 0. The van der Waals surface area contributed by atoms with E-state index >= 15 is 0 Å². The van der Waals surface area contributed by atoms with Crippen molar-refractivity contribution in [3.05, 3.63) is 29.3 Å². The van der Waals surface area contributed by atoms with Crippen LogP contribution in [0.3, 0.4) is 0 Å². The Morgan fingerprint density at radius 2 is 2.00 bits per heavy atom. The van der Waals surface area contributed by atoms with Crippen molar-refractivity contribution in [3.63, 3.8) is 0 Å². The Bertz CT molecular complexity index is 496. The summed E-state index contributed by atoms with van der Waals surface area (Å²) in [5, 5.41) is 9.47. The van der Waals surface area contributed by atoms with Crippen LogP contribution in [0, 0.1) is 0 Å². The Kier molecular flexibility index (Phi) is 6.92. The lowest BCUT2D eigenvalue weighted by Crippen LogP contribution is -2.31. The molecule has 0 bridgehead atoms. The van der Waals surface area contributed by atoms with Crippen molar-refractivity contribution in [2.75, 3.05) is 6.61 Å². The molecule has 0 aliphatic carbocycles. The van der Waals surface area contributed by atoms with Crippen LogP contribution >= 0.6 is 12.4 Å². The van der Waals surface area contributed by atoms with E-state index in [0.29, 0.717) is 12.1 Å². The second-order valence-corrected chi connectivity index (χ2v) is 3.95. The molecule has 0 aromatic heterocycles. The van der Waals surface area contributed by atoms with Gasteiger partial charge in [-0.15, -0.1) is 12.4 Å². The van der Waals surface area contributed by atoms with Gasteiger partial charge < -0.3 is 15.6 Å². The number of phenolic OH excluding ortho intramolecular Hbond substituents is 1. The highest BCUT2D eigenvalue weighted by molar-refractivity contribution is 5.85. The molecule has 0 radical (unpaired) electrons. The van der Waals surface area contributed by atoms with Crippen LogP contribution in [0.15, 0.2) is 18.2 Å². The number of nitrogens with two attached hydrogens (primary N) is 1. The monoisotopic (exact) mass is 331 g/mol. The van der Waals surface area contributed by atoms with Crippen LogP contribution in [-0.4, -0.2) is 23.9 Å². The maximum atomic E-state index is 13.7. The lowest BCUT2D eigenvalue weighted by molar-refractivity contribution is -0.149. The lowest BCUT2D eigenvalue weighted by Gasteiger charge is -2.18. The number of carbonyl (C=O) groups excluding carboxylic acids is 1. The van der Waals surface area contributed by atoms with E-state index in [2.05, 4.69) is 4.74 Å². The molecule has 0 saturated heterocycles. The summed E-state index contributed by atoms with van der Waals surface area (Å²) in [7, 11) is 0. The zero-order valence-corrected chi connectivity index (χ0v) is 11.7. The second kappa shape index (κ2) is 7.46. The first-order valence-corrected chi connectivity index (χ1v) is 5.64. The third-order valence-electron chi connectivity index (χ3n) is 2.54. The molecule has 1 aromatic rings. The number of phenols is 1. The van der Waals surface area contributed by atoms with Crippen molar-refractivity contribution >= 4 is 18.4 Å². The first-order chi connectivity index (χ1) is 9.18. The van der Waals surface area contributed by atoms with E-state index in [9.17, 15) is 27.5 Å². The largest absolute Gasteiger partial charge is 0.508 e. The molecule has 4 nitrogen and oxygen atoms in total. The van der Waals surface area contributed by atoms with Crippen LogP contribution in [0.4, 0.5) is 17.6 Å². The average molecular weight is 332 g/mol. The predicted molar refractivity (Wildman–Crippen MR) is 68.8 cm³/mol. The average Bonchev–Trinajstić information content (AvgIpc) is 2.36. The van der Waals surface area contributed by atoms with Gasteiger partial charge in [0, 0.05) is 5.56 Å². The van der Waals surface area contributed by atoms with Crippen LogP contribution in [0.5, 0.6) is 5.75 Å². The van der Waals surface area contributed by atoms with Gasteiger partial charge >= 0.3 is 12.1 Å². The minimum Gasteiger partial charge on any atom is -0.508 e. The summed E-state index contributed by atoms with van der Waals surface area (Å²) in [6, 6.07) is 0.126. The summed E-state index contributed by atoms with van der Waals surface area (Å²) < 4.78 is 55.7. The number of alkyl halides is 4. The predicted octanol–water partition coefficient (Wildman–Crippen LogP) is 2.73. The van der Waals surface area contributed by atoms with Crippen LogP contribution < -0.4 is 5.73 Å². The van der Waals surface area contributed by atoms with Gasteiger partial charge in [-0.3, -0.25) is 0 Å². The number of hydrogen-bond donors (Lipinski definition) is 2. The molecule has 0 amide bonds. The third kappa shape index (κ3) is 4.75. The van der Waals surface area contributed by atoms with Crippen molar-refractivity contribution in [1.29, 1.82) is 0 Å². The highest BCUT2D eigenvalue weighted by Crippen LogP contribution is 2.35. The standard InChI is InChI=1S/C12H13F4NO3.ClH/c1-2-20-11(19)9(13)10(17)7-5-6(12(14,15)16)3-4-8(7)18;/h3-5,9-10,18H,2,17H2,1H3;1H/t9?,10-;/m1./s1. The Labute approximate surface area is 124 Å². The number of esters is 1. The molecule has 1 rings (SSSR count). The fraction of sp³-hybridized carbons (Fsp3) is 0.417. The van der Waals surface area contributed by atoms with Gasteiger partial charge in [-0.2, -0.15) is 13.2 Å². The first-order valence-electron chi connectivity index (χ1n) is 5.64. The van der Waals surface area contributed by atoms with Gasteiger partial charge in [-0.05, 0) is 25.1 Å². The molecular weight excluding hydrogens is 318 g/mol. The molecule has 120 valence electrons. The van der Waals surface area contributed by atoms with E-state index in [-0.39, 0.29) is 19.0 Å². The van der Waals surface area contributed by atoms with E-state index in [4.69, 9.17) is 5.73 Å². The first kappa shape index (κ1) is 19.5. The van der Waals surface area contributed by atoms with Crippen LogP contribution in [0.2, 0.25) is 0 Å². The van der Waals surface area contributed by atoms with Gasteiger partial charge in [-0.25, -0.2) is 9.18 Å². The van der Waals surface area contributed by atoms with Gasteiger partial charge in [0.05, 0.1) is 18.2 Å². The molecule has 3 N–H and O–H groups in total. The molecule has 1 aromatic carbocycles. The van der Waals surface area contributed by atoms with E-state index in [0.717, 1.165) is 6.07 Å². The molecule has 0 heterocycles. The smallest absolute Gasteiger partial charge is 0.416 e. The Balaban J connectivity index is 0.00000400. The third-order valence-corrected chi connectivity index (χ3v) is 2.54. The van der Waals surface area contributed by atoms with Crippen molar-refractivity contribution in [2.24, 2.45) is 5.73 Å². The van der Waals surface area contributed by atoms with E-state index in [1.54, 1.807) is 0 Å². The zero-order chi connectivity index (χ0) is 15.5. The highest BCUT2D eigenvalue weighted by Gasteiger charge is 2.34. The summed E-state index contributed by atoms with van der Waals surface area (Å²) in [6.07, 6.45) is -7.04. The number of halogens is 5. The lowest BCUT2D eigenvalue weighted by atomic mass is 9.99. The fourth-order valence-corrected chi connectivity index (χ4v) is 1.52. The second-order valence-electron chi connectivity index (χ2n) is 3.95. The molecule has 0 aliphatic rings. The van der Waals surface area contributed by atoms with Gasteiger partial charge in [0.15, 0.2) is 0 Å². The molecular formula is C12H14ClF4NO3. The van der Waals surface area contributed by atoms with Crippen LogP contribution in [0.25, 0.3) is 0 Å². The number of benzene rings is 1. The summed E-state index contributed by atoms with van der Waals surface area (Å²) in [5.74, 6) is -1.92. The Morgan fingerprint density at radius 3 is 2.48 bits per heavy atom. The molecule has 0 fully saturated rings. The quantitative estimate of drug-likeness (QED) is 0.657. The van der Waals surface area contributed by atoms with Gasteiger partial charge in [0.2, 0.25) is 6.17 Å². The zero-order valence-electron chi connectivity index (χ0n) is 10.9. The number of aromatic hydroxyl groups is 1. The molecule has 0 saturated carbocycles. The molecule has 1 unspecified atom stereocenters. The van der Waals surface area contributed by atoms with E-state index < -0.39 is 41.2 Å². The summed E-state index contributed by atoms with van der Waals surface area (Å²) in [5.41, 5.74) is 3.77. The molecule has 21 heavy (non-hydrogen) atoms. The Morgan fingerprint density at radius 1 is 1.43 bits per heavy atom.